The van der Waals surface area contributed by atoms with Gasteiger partial charge in [0, 0.05) is 10.0 Å². The van der Waals surface area contributed by atoms with Crippen molar-refractivity contribution in [3.8, 4) is 0 Å². The van der Waals surface area contributed by atoms with Crippen molar-refractivity contribution in [2.45, 2.75) is 45.4 Å². The number of rotatable bonds is 11. The fourth-order valence-corrected chi connectivity index (χ4v) is 2.89. The van der Waals surface area contributed by atoms with Gasteiger partial charge in [-0.3, -0.25) is 4.79 Å². The van der Waals surface area contributed by atoms with E-state index in [1.165, 1.54) is 0 Å². The molecule has 0 fully saturated rings. The van der Waals surface area contributed by atoms with Gasteiger partial charge in [0.15, 0.2) is 0 Å². The van der Waals surface area contributed by atoms with Crippen LogP contribution in [-0.4, -0.2) is 24.2 Å². The van der Waals surface area contributed by atoms with Gasteiger partial charge in [0.2, 0.25) is 0 Å². The molecule has 1 atom stereocenters. The number of halogens is 2. The van der Waals surface area contributed by atoms with Crippen molar-refractivity contribution in [3.63, 3.8) is 0 Å². The molecule has 2 N–H and O–H groups in total. The summed E-state index contributed by atoms with van der Waals surface area (Å²) in [5.74, 6) is -0.867. The van der Waals surface area contributed by atoms with Crippen molar-refractivity contribution in [3.05, 3.63) is 33.8 Å². The molecule has 0 spiro atoms. The minimum atomic E-state index is -0.665. The molecule has 0 aliphatic rings. The summed E-state index contributed by atoms with van der Waals surface area (Å²) < 4.78 is 0. The number of hydrogen-bond acceptors (Lipinski definition) is 2. The van der Waals surface area contributed by atoms with Gasteiger partial charge in [-0.05, 0) is 56.5 Å². The Hall–Kier alpha value is -0.770. The zero-order valence-electron chi connectivity index (χ0n) is 13.1. The summed E-state index contributed by atoms with van der Waals surface area (Å²) in [5.41, 5.74) is 1.07. The van der Waals surface area contributed by atoms with E-state index in [9.17, 15) is 4.79 Å². The van der Waals surface area contributed by atoms with Crippen LogP contribution in [0.15, 0.2) is 18.2 Å². The van der Waals surface area contributed by atoms with Crippen molar-refractivity contribution in [2.24, 2.45) is 5.92 Å². The third-order valence-corrected chi connectivity index (χ3v) is 4.33. The average molecular weight is 346 g/mol. The van der Waals surface area contributed by atoms with E-state index < -0.39 is 5.97 Å². The minimum absolute atomic E-state index is 0.201. The summed E-state index contributed by atoms with van der Waals surface area (Å²) in [7, 11) is 0. The molecule has 124 valence electrons. The van der Waals surface area contributed by atoms with Crippen LogP contribution in [0.5, 0.6) is 0 Å². The molecule has 0 saturated carbocycles. The predicted octanol–water partition coefficient (Wildman–Crippen LogP) is 4.80. The quantitative estimate of drug-likeness (QED) is 0.566. The molecule has 0 heterocycles. The molecule has 0 saturated heterocycles. The maximum Gasteiger partial charge on any atom is 0.306 e. The van der Waals surface area contributed by atoms with E-state index >= 15 is 0 Å². The van der Waals surface area contributed by atoms with E-state index in [-0.39, 0.29) is 5.92 Å². The average Bonchev–Trinajstić information content (AvgIpc) is 2.47. The molecule has 0 aliphatic heterocycles. The van der Waals surface area contributed by atoms with Crippen LogP contribution in [0.2, 0.25) is 10.0 Å². The molecule has 1 aromatic carbocycles. The molecule has 0 aliphatic carbocycles. The molecule has 0 radical (unpaired) electrons. The van der Waals surface area contributed by atoms with Gasteiger partial charge in [-0.15, -0.1) is 0 Å². The van der Waals surface area contributed by atoms with Gasteiger partial charge >= 0.3 is 5.97 Å². The maximum absolute atomic E-state index is 11.1. The molecular weight excluding hydrogens is 321 g/mol. The summed E-state index contributed by atoms with van der Waals surface area (Å²) in [6.45, 7) is 3.75. The Morgan fingerprint density at radius 3 is 2.59 bits per heavy atom. The topological polar surface area (TPSA) is 49.3 Å². The van der Waals surface area contributed by atoms with Crippen molar-refractivity contribution in [2.75, 3.05) is 13.1 Å². The van der Waals surface area contributed by atoms with Gasteiger partial charge in [0.25, 0.3) is 0 Å². The standard InChI is InChI=1S/C17H25Cl2NO2/c1-2-3-5-14(17(21)22)6-4-10-20-11-9-13-7-8-15(18)12-16(13)19/h7-8,12,14,20H,2-6,9-11H2,1H3,(H,21,22). The number of hydrogen-bond donors (Lipinski definition) is 2. The monoisotopic (exact) mass is 345 g/mol. The molecular formula is C17H25Cl2NO2. The summed E-state index contributed by atoms with van der Waals surface area (Å²) in [4.78, 5) is 11.1. The maximum atomic E-state index is 11.1. The SMILES string of the molecule is CCCCC(CCCNCCc1ccc(Cl)cc1Cl)C(=O)O. The number of unbranched alkanes of at least 4 members (excludes halogenated alkanes) is 1. The smallest absolute Gasteiger partial charge is 0.306 e. The van der Waals surface area contributed by atoms with Crippen LogP contribution in [0.25, 0.3) is 0 Å². The fraction of sp³-hybridized carbons (Fsp3) is 0.588. The Morgan fingerprint density at radius 1 is 1.23 bits per heavy atom. The van der Waals surface area contributed by atoms with Gasteiger partial charge in [-0.25, -0.2) is 0 Å². The molecule has 1 rings (SSSR count). The summed E-state index contributed by atoms with van der Waals surface area (Å²) in [6.07, 6.45) is 5.28. The summed E-state index contributed by atoms with van der Waals surface area (Å²) in [5, 5.41) is 13.8. The Morgan fingerprint density at radius 2 is 1.95 bits per heavy atom. The number of benzene rings is 1. The second-order valence-corrected chi connectivity index (χ2v) is 6.40. The lowest BCUT2D eigenvalue weighted by atomic mass is 9.97. The highest BCUT2D eigenvalue weighted by Gasteiger charge is 2.15. The Labute approximate surface area is 143 Å². The van der Waals surface area contributed by atoms with Gasteiger partial charge < -0.3 is 10.4 Å². The van der Waals surface area contributed by atoms with Crippen molar-refractivity contribution in [1.29, 1.82) is 0 Å². The minimum Gasteiger partial charge on any atom is -0.481 e. The summed E-state index contributed by atoms with van der Waals surface area (Å²) in [6, 6.07) is 5.54. The number of aliphatic carboxylic acids is 1. The molecule has 0 aromatic heterocycles. The van der Waals surface area contributed by atoms with Crippen LogP contribution in [-0.2, 0) is 11.2 Å². The largest absolute Gasteiger partial charge is 0.481 e. The lowest BCUT2D eigenvalue weighted by Gasteiger charge is -2.12. The highest BCUT2D eigenvalue weighted by atomic mass is 35.5. The van der Waals surface area contributed by atoms with Crippen LogP contribution in [0.3, 0.4) is 0 Å². The van der Waals surface area contributed by atoms with Gasteiger partial charge in [-0.1, -0.05) is 49.0 Å². The Balaban J connectivity index is 2.18. The Bertz CT molecular complexity index is 466. The molecule has 3 nitrogen and oxygen atoms in total. The molecule has 0 amide bonds. The van der Waals surface area contributed by atoms with Crippen molar-refractivity contribution < 1.29 is 9.90 Å². The number of carboxylic acid groups (broad SMARTS) is 1. The third-order valence-electron chi connectivity index (χ3n) is 3.75. The first-order valence-electron chi connectivity index (χ1n) is 7.92. The Kier molecular flexibility index (Phi) is 9.53. The number of carboxylic acids is 1. The summed E-state index contributed by atoms with van der Waals surface area (Å²) >= 11 is 12.0. The fourth-order valence-electron chi connectivity index (χ4n) is 2.39. The molecule has 1 unspecified atom stereocenters. The van der Waals surface area contributed by atoms with Gasteiger partial charge in [0.1, 0.15) is 0 Å². The van der Waals surface area contributed by atoms with Crippen LogP contribution < -0.4 is 5.32 Å². The van der Waals surface area contributed by atoms with Crippen molar-refractivity contribution >= 4 is 29.2 Å². The van der Waals surface area contributed by atoms with Crippen LogP contribution in [0.1, 0.15) is 44.6 Å². The molecule has 1 aromatic rings. The van der Waals surface area contributed by atoms with E-state index in [0.717, 1.165) is 57.2 Å². The normalized spacial score (nSPS) is 12.3. The van der Waals surface area contributed by atoms with E-state index in [4.69, 9.17) is 28.3 Å². The van der Waals surface area contributed by atoms with Crippen molar-refractivity contribution in [1.82, 2.24) is 5.32 Å². The van der Waals surface area contributed by atoms with Gasteiger partial charge in [-0.2, -0.15) is 0 Å². The van der Waals surface area contributed by atoms with Crippen LogP contribution in [0.4, 0.5) is 0 Å². The first-order chi connectivity index (χ1) is 10.5. The van der Waals surface area contributed by atoms with E-state index in [1.54, 1.807) is 6.07 Å². The first kappa shape index (κ1) is 19.3. The highest BCUT2D eigenvalue weighted by Crippen LogP contribution is 2.21. The number of nitrogens with one attached hydrogen (secondary N) is 1. The molecule has 22 heavy (non-hydrogen) atoms. The highest BCUT2D eigenvalue weighted by molar-refractivity contribution is 6.35. The zero-order valence-corrected chi connectivity index (χ0v) is 14.6. The third kappa shape index (κ3) is 7.48. The van der Waals surface area contributed by atoms with E-state index in [1.807, 2.05) is 12.1 Å². The number of carbonyl (C=O) groups is 1. The van der Waals surface area contributed by atoms with E-state index in [2.05, 4.69) is 12.2 Å². The van der Waals surface area contributed by atoms with E-state index in [0.29, 0.717) is 10.0 Å². The van der Waals surface area contributed by atoms with Gasteiger partial charge in [0.05, 0.1) is 5.92 Å². The predicted molar refractivity (Wildman–Crippen MR) is 92.9 cm³/mol. The van der Waals surface area contributed by atoms with Crippen LogP contribution >= 0.6 is 23.2 Å². The molecule has 0 bridgehead atoms. The second-order valence-electron chi connectivity index (χ2n) is 5.56. The van der Waals surface area contributed by atoms with Crippen LogP contribution in [0, 0.1) is 5.92 Å². The second kappa shape index (κ2) is 10.9. The molecule has 5 heteroatoms. The zero-order chi connectivity index (χ0) is 16.4. The lowest BCUT2D eigenvalue weighted by molar-refractivity contribution is -0.142. The lowest BCUT2D eigenvalue weighted by Crippen LogP contribution is -2.21. The first-order valence-corrected chi connectivity index (χ1v) is 8.67.